The zero-order valence-electron chi connectivity index (χ0n) is 13.3. The Labute approximate surface area is 123 Å². The molecule has 0 amide bonds. The fourth-order valence-corrected chi connectivity index (χ4v) is 3.35. The molecular weight excluding hydrogens is 240 g/mol. The van der Waals surface area contributed by atoms with Crippen LogP contribution in [0.15, 0.2) is 36.4 Å². The Hall–Kier alpha value is -1.56. The molecule has 2 rings (SSSR count). The smallest absolute Gasteiger partial charge is 0.0146 e. The minimum absolute atomic E-state index is 1.12. The molecule has 0 heterocycles. The third kappa shape index (κ3) is 2.65. The molecule has 0 saturated carbocycles. The highest BCUT2D eigenvalue weighted by Gasteiger charge is 2.14. The molecule has 0 spiro atoms. The largest absolute Gasteiger partial charge is 0.0622 e. The molecule has 0 unspecified atom stereocenters. The number of aryl methyl sites for hydroxylation is 1. The van der Waals surface area contributed by atoms with Gasteiger partial charge < -0.3 is 0 Å². The van der Waals surface area contributed by atoms with Crippen LogP contribution in [-0.2, 0) is 25.7 Å². The van der Waals surface area contributed by atoms with Crippen molar-refractivity contribution in [3.8, 4) is 11.1 Å². The van der Waals surface area contributed by atoms with Gasteiger partial charge in [-0.2, -0.15) is 0 Å². The number of hydrogen-bond donors (Lipinski definition) is 0. The average molecular weight is 266 g/mol. The molecule has 0 aliphatic rings. The van der Waals surface area contributed by atoms with E-state index in [4.69, 9.17) is 0 Å². The van der Waals surface area contributed by atoms with E-state index in [-0.39, 0.29) is 0 Å². The predicted octanol–water partition coefficient (Wildman–Crippen LogP) is 5.60. The molecular formula is C20H26. The summed E-state index contributed by atoms with van der Waals surface area (Å²) in [6.45, 7) is 9.14. The van der Waals surface area contributed by atoms with Crippen LogP contribution >= 0.6 is 0 Å². The van der Waals surface area contributed by atoms with Gasteiger partial charge in [0.15, 0.2) is 0 Å². The fraction of sp³-hybridized carbons (Fsp3) is 0.400. The van der Waals surface area contributed by atoms with Crippen LogP contribution < -0.4 is 0 Å². The first-order chi connectivity index (χ1) is 9.76. The second kappa shape index (κ2) is 6.74. The predicted molar refractivity (Wildman–Crippen MR) is 89.4 cm³/mol. The first-order valence-corrected chi connectivity index (χ1v) is 7.98. The van der Waals surface area contributed by atoms with Gasteiger partial charge in [0.2, 0.25) is 0 Å². The minimum atomic E-state index is 1.12. The van der Waals surface area contributed by atoms with E-state index in [9.17, 15) is 0 Å². The van der Waals surface area contributed by atoms with Crippen LogP contribution in [0.4, 0.5) is 0 Å². The first kappa shape index (κ1) is 14.8. The Balaban J connectivity index is 2.74. The van der Waals surface area contributed by atoms with Crippen molar-refractivity contribution in [2.75, 3.05) is 0 Å². The Kier molecular flexibility index (Phi) is 5.00. The molecule has 0 bridgehead atoms. The summed E-state index contributed by atoms with van der Waals surface area (Å²) < 4.78 is 0. The second-order valence-corrected chi connectivity index (χ2v) is 5.30. The maximum atomic E-state index is 2.44. The van der Waals surface area contributed by atoms with Crippen molar-refractivity contribution in [3.05, 3.63) is 58.7 Å². The van der Waals surface area contributed by atoms with Crippen LogP contribution in [0.1, 0.15) is 49.9 Å². The third-order valence-corrected chi connectivity index (χ3v) is 4.29. The molecule has 0 saturated heterocycles. The van der Waals surface area contributed by atoms with Crippen LogP contribution in [0.25, 0.3) is 11.1 Å². The summed E-state index contributed by atoms with van der Waals surface area (Å²) in [5.74, 6) is 0. The molecule has 106 valence electrons. The molecule has 0 heteroatoms. The molecule has 2 aromatic rings. The van der Waals surface area contributed by atoms with Crippen molar-refractivity contribution < 1.29 is 0 Å². The van der Waals surface area contributed by atoms with E-state index in [1.165, 1.54) is 16.7 Å². The Morgan fingerprint density at radius 2 is 1.25 bits per heavy atom. The third-order valence-electron chi connectivity index (χ3n) is 4.29. The van der Waals surface area contributed by atoms with Crippen LogP contribution in [0, 0.1) is 0 Å². The molecule has 0 nitrogen and oxygen atoms in total. The molecule has 0 radical (unpaired) electrons. The lowest BCUT2D eigenvalue weighted by Gasteiger charge is -2.20. The van der Waals surface area contributed by atoms with Crippen LogP contribution in [0.3, 0.4) is 0 Å². The van der Waals surface area contributed by atoms with Crippen molar-refractivity contribution >= 4 is 0 Å². The van der Waals surface area contributed by atoms with Crippen LogP contribution in [0.2, 0.25) is 0 Å². The van der Waals surface area contributed by atoms with Crippen molar-refractivity contribution in [1.29, 1.82) is 0 Å². The van der Waals surface area contributed by atoms with E-state index in [0.29, 0.717) is 0 Å². The van der Waals surface area contributed by atoms with Gasteiger partial charge in [0.1, 0.15) is 0 Å². The van der Waals surface area contributed by atoms with E-state index in [0.717, 1.165) is 25.7 Å². The Morgan fingerprint density at radius 3 is 1.75 bits per heavy atom. The Bertz CT molecular complexity index is 564. The van der Waals surface area contributed by atoms with E-state index >= 15 is 0 Å². The molecule has 0 N–H and O–H groups in total. The zero-order valence-corrected chi connectivity index (χ0v) is 13.3. The van der Waals surface area contributed by atoms with E-state index in [1.54, 1.807) is 16.7 Å². The molecule has 2 aromatic carbocycles. The maximum Gasteiger partial charge on any atom is -0.0146 e. The van der Waals surface area contributed by atoms with E-state index < -0.39 is 0 Å². The second-order valence-electron chi connectivity index (χ2n) is 5.30. The van der Waals surface area contributed by atoms with Crippen molar-refractivity contribution in [2.24, 2.45) is 0 Å². The van der Waals surface area contributed by atoms with Crippen molar-refractivity contribution in [1.82, 2.24) is 0 Å². The first-order valence-electron chi connectivity index (χ1n) is 7.98. The summed E-state index contributed by atoms with van der Waals surface area (Å²) >= 11 is 0. The monoisotopic (exact) mass is 266 g/mol. The van der Waals surface area contributed by atoms with Gasteiger partial charge in [0.05, 0.1) is 0 Å². The van der Waals surface area contributed by atoms with E-state index in [2.05, 4.69) is 64.1 Å². The summed E-state index contributed by atoms with van der Waals surface area (Å²) in [5, 5.41) is 0. The lowest BCUT2D eigenvalue weighted by molar-refractivity contribution is 0.947. The lowest BCUT2D eigenvalue weighted by Crippen LogP contribution is -2.05. The van der Waals surface area contributed by atoms with Gasteiger partial charge in [-0.25, -0.2) is 0 Å². The minimum Gasteiger partial charge on any atom is -0.0622 e. The van der Waals surface area contributed by atoms with Crippen molar-refractivity contribution in [3.63, 3.8) is 0 Å². The zero-order chi connectivity index (χ0) is 14.5. The highest BCUT2D eigenvalue weighted by molar-refractivity contribution is 5.71. The van der Waals surface area contributed by atoms with Gasteiger partial charge in [-0.3, -0.25) is 0 Å². The standard InChI is InChI=1S/C20H26/c1-5-15-14-20(16-12-10-9-11-13-16)19(8-4)18(7-3)17(15)6-2/h9-14H,5-8H2,1-4H3. The summed E-state index contributed by atoms with van der Waals surface area (Å²) in [6.07, 6.45) is 4.53. The highest BCUT2D eigenvalue weighted by atomic mass is 14.2. The number of rotatable bonds is 5. The maximum absolute atomic E-state index is 2.44. The number of benzene rings is 2. The van der Waals surface area contributed by atoms with Gasteiger partial charge in [0.25, 0.3) is 0 Å². The molecule has 0 aliphatic carbocycles. The highest BCUT2D eigenvalue weighted by Crippen LogP contribution is 2.32. The van der Waals surface area contributed by atoms with Gasteiger partial charge >= 0.3 is 0 Å². The van der Waals surface area contributed by atoms with Gasteiger partial charge in [-0.15, -0.1) is 0 Å². The van der Waals surface area contributed by atoms with E-state index in [1.807, 2.05) is 0 Å². The number of hydrogen-bond acceptors (Lipinski definition) is 0. The van der Waals surface area contributed by atoms with Gasteiger partial charge in [-0.05, 0) is 59.1 Å². The normalized spacial score (nSPS) is 10.8. The fourth-order valence-electron chi connectivity index (χ4n) is 3.35. The van der Waals surface area contributed by atoms with Crippen LogP contribution in [-0.4, -0.2) is 0 Å². The lowest BCUT2D eigenvalue weighted by atomic mass is 9.84. The SMILES string of the molecule is CCc1cc(-c2ccccc2)c(CC)c(CC)c1CC. The average Bonchev–Trinajstić information content (AvgIpc) is 2.53. The molecule has 0 fully saturated rings. The van der Waals surface area contributed by atoms with Gasteiger partial charge in [-0.1, -0.05) is 64.1 Å². The Morgan fingerprint density at radius 1 is 0.650 bits per heavy atom. The van der Waals surface area contributed by atoms with Crippen molar-refractivity contribution in [2.45, 2.75) is 53.4 Å². The molecule has 0 aliphatic heterocycles. The van der Waals surface area contributed by atoms with Gasteiger partial charge in [0, 0.05) is 0 Å². The quantitative estimate of drug-likeness (QED) is 0.660. The summed E-state index contributed by atoms with van der Waals surface area (Å²) in [4.78, 5) is 0. The topological polar surface area (TPSA) is 0 Å². The molecule has 0 aromatic heterocycles. The summed E-state index contributed by atoms with van der Waals surface area (Å²) in [5.41, 5.74) is 9.06. The molecule has 0 atom stereocenters. The summed E-state index contributed by atoms with van der Waals surface area (Å²) in [6, 6.07) is 13.3. The molecule has 20 heavy (non-hydrogen) atoms. The summed E-state index contributed by atoms with van der Waals surface area (Å²) in [7, 11) is 0. The van der Waals surface area contributed by atoms with Crippen LogP contribution in [0.5, 0.6) is 0 Å².